The van der Waals surface area contributed by atoms with Gasteiger partial charge in [-0.2, -0.15) is 0 Å². The van der Waals surface area contributed by atoms with Crippen LogP contribution in [0.1, 0.15) is 33.7 Å². The van der Waals surface area contributed by atoms with E-state index in [0.29, 0.717) is 36.1 Å². The quantitative estimate of drug-likeness (QED) is 0.910. The summed E-state index contributed by atoms with van der Waals surface area (Å²) < 4.78 is 4.94. The highest BCUT2D eigenvalue weighted by Crippen LogP contribution is 2.28. The minimum absolute atomic E-state index is 0.146. The Morgan fingerprint density at radius 3 is 2.95 bits per heavy atom. The second-order valence-corrected chi connectivity index (χ2v) is 5.95. The molecule has 8 heteroatoms. The average Bonchev–Trinajstić information content (AvgIpc) is 3.01. The number of hydrogen-bond donors (Lipinski definition) is 1. The van der Waals surface area contributed by atoms with Crippen LogP contribution in [-0.2, 0) is 17.8 Å². The summed E-state index contributed by atoms with van der Waals surface area (Å²) in [5, 5.41) is 7.02. The third-order valence-electron chi connectivity index (χ3n) is 3.15. The van der Waals surface area contributed by atoms with Gasteiger partial charge in [-0.25, -0.2) is 4.98 Å². The first-order valence-electron chi connectivity index (χ1n) is 6.51. The van der Waals surface area contributed by atoms with E-state index in [1.807, 2.05) is 0 Å². The fourth-order valence-corrected chi connectivity index (χ4v) is 3.27. The van der Waals surface area contributed by atoms with Gasteiger partial charge in [0.05, 0.1) is 12.2 Å². The lowest BCUT2D eigenvalue weighted by molar-refractivity contribution is -0.114. The topological polar surface area (TPSA) is 88.3 Å². The Kier molecular flexibility index (Phi) is 3.46. The Bertz CT molecular complexity index is 706. The number of nitrogens with one attached hydrogen (secondary N) is 1. The Balaban J connectivity index is 1.76. The van der Waals surface area contributed by atoms with E-state index in [9.17, 15) is 9.59 Å². The van der Waals surface area contributed by atoms with E-state index >= 15 is 0 Å². The largest absolute Gasteiger partial charge is 0.361 e. The lowest BCUT2D eigenvalue weighted by atomic mass is 10.1. The predicted octanol–water partition coefficient (Wildman–Crippen LogP) is 1.60. The molecule has 0 atom stereocenters. The van der Waals surface area contributed by atoms with Crippen molar-refractivity contribution in [2.45, 2.75) is 26.8 Å². The van der Waals surface area contributed by atoms with Crippen molar-refractivity contribution in [2.24, 2.45) is 0 Å². The Morgan fingerprint density at radius 1 is 1.48 bits per heavy atom. The number of rotatable bonds is 2. The minimum Gasteiger partial charge on any atom is -0.361 e. The monoisotopic (exact) mass is 306 g/mol. The molecule has 3 rings (SSSR count). The summed E-state index contributed by atoms with van der Waals surface area (Å²) in [4.78, 5) is 30.5. The fourth-order valence-electron chi connectivity index (χ4n) is 2.20. The van der Waals surface area contributed by atoms with Crippen LogP contribution >= 0.6 is 11.3 Å². The molecule has 1 N–H and O–H groups in total. The number of carbonyl (C=O) groups is 2. The number of nitrogens with zero attached hydrogens (tertiary/aromatic N) is 3. The molecule has 0 saturated heterocycles. The van der Waals surface area contributed by atoms with Crippen LogP contribution in [0.3, 0.4) is 0 Å². The molecular formula is C13H14N4O3S. The van der Waals surface area contributed by atoms with Gasteiger partial charge in [0.15, 0.2) is 10.8 Å². The fraction of sp³-hybridized carbons (Fsp3) is 0.385. The van der Waals surface area contributed by atoms with Crippen molar-refractivity contribution in [1.82, 2.24) is 15.0 Å². The van der Waals surface area contributed by atoms with E-state index in [1.54, 1.807) is 17.9 Å². The van der Waals surface area contributed by atoms with Gasteiger partial charge in [-0.15, -0.1) is 0 Å². The highest BCUT2D eigenvalue weighted by atomic mass is 32.1. The number of anilines is 1. The third-order valence-corrected chi connectivity index (χ3v) is 4.15. The second-order valence-electron chi connectivity index (χ2n) is 4.87. The first-order valence-corrected chi connectivity index (χ1v) is 7.33. The van der Waals surface area contributed by atoms with Gasteiger partial charge in [0.25, 0.3) is 5.91 Å². The van der Waals surface area contributed by atoms with Gasteiger partial charge >= 0.3 is 0 Å². The molecule has 21 heavy (non-hydrogen) atoms. The van der Waals surface area contributed by atoms with Crippen molar-refractivity contribution in [1.29, 1.82) is 0 Å². The van der Waals surface area contributed by atoms with Gasteiger partial charge in [0, 0.05) is 30.8 Å². The van der Waals surface area contributed by atoms with Crippen LogP contribution in [-0.4, -0.2) is 33.4 Å². The summed E-state index contributed by atoms with van der Waals surface area (Å²) in [7, 11) is 0. The Morgan fingerprint density at radius 2 is 2.29 bits per heavy atom. The van der Waals surface area contributed by atoms with Crippen molar-refractivity contribution in [2.75, 3.05) is 11.9 Å². The number of fused-ring (bicyclic) bond motifs is 1. The molecule has 3 heterocycles. The number of carbonyl (C=O) groups excluding carboxylic acids is 2. The van der Waals surface area contributed by atoms with E-state index in [-0.39, 0.29) is 11.8 Å². The van der Waals surface area contributed by atoms with E-state index in [1.165, 1.54) is 18.3 Å². The van der Waals surface area contributed by atoms with Gasteiger partial charge < -0.3 is 14.7 Å². The van der Waals surface area contributed by atoms with Gasteiger partial charge in [-0.1, -0.05) is 16.5 Å². The summed E-state index contributed by atoms with van der Waals surface area (Å²) in [6, 6.07) is 1.63. The zero-order valence-corrected chi connectivity index (χ0v) is 12.5. The van der Waals surface area contributed by atoms with Gasteiger partial charge in [-0.3, -0.25) is 9.59 Å². The molecule has 7 nitrogen and oxygen atoms in total. The molecule has 0 bridgehead atoms. The molecule has 2 aromatic heterocycles. The van der Waals surface area contributed by atoms with Crippen molar-refractivity contribution in [3.05, 3.63) is 28.1 Å². The van der Waals surface area contributed by atoms with Crippen molar-refractivity contribution < 1.29 is 14.1 Å². The van der Waals surface area contributed by atoms with Crippen molar-refractivity contribution in [3.63, 3.8) is 0 Å². The maximum atomic E-state index is 12.3. The maximum Gasteiger partial charge on any atom is 0.276 e. The van der Waals surface area contributed by atoms with Crippen LogP contribution in [0, 0.1) is 6.92 Å². The van der Waals surface area contributed by atoms with E-state index in [0.717, 1.165) is 10.6 Å². The van der Waals surface area contributed by atoms with Crippen LogP contribution in [0.2, 0.25) is 0 Å². The smallest absolute Gasteiger partial charge is 0.276 e. The van der Waals surface area contributed by atoms with Crippen LogP contribution in [0.5, 0.6) is 0 Å². The van der Waals surface area contributed by atoms with Crippen LogP contribution in [0.15, 0.2) is 10.6 Å². The predicted molar refractivity (Wildman–Crippen MR) is 76.1 cm³/mol. The molecule has 0 unspecified atom stereocenters. The lowest BCUT2D eigenvalue weighted by Crippen LogP contribution is -2.35. The molecule has 1 aliphatic rings. The minimum atomic E-state index is -0.146. The maximum absolute atomic E-state index is 12.3. The lowest BCUT2D eigenvalue weighted by Gasteiger charge is -2.25. The van der Waals surface area contributed by atoms with Gasteiger partial charge in [0.1, 0.15) is 5.76 Å². The molecule has 2 aromatic rings. The molecule has 110 valence electrons. The number of aromatic nitrogens is 2. The summed E-state index contributed by atoms with van der Waals surface area (Å²) in [5.74, 6) is 0.320. The number of amides is 2. The molecule has 0 aliphatic carbocycles. The van der Waals surface area contributed by atoms with Gasteiger partial charge in [0.2, 0.25) is 5.91 Å². The summed E-state index contributed by atoms with van der Waals surface area (Å²) in [6.45, 7) is 4.27. The molecule has 0 fully saturated rings. The van der Waals surface area contributed by atoms with Gasteiger partial charge in [-0.05, 0) is 6.92 Å². The molecule has 0 saturated carbocycles. The summed E-state index contributed by atoms with van der Waals surface area (Å²) in [5.41, 5.74) is 1.27. The summed E-state index contributed by atoms with van der Waals surface area (Å²) >= 11 is 1.40. The zero-order chi connectivity index (χ0) is 15.0. The van der Waals surface area contributed by atoms with Crippen LogP contribution in [0.4, 0.5) is 5.13 Å². The molecule has 2 amide bonds. The summed E-state index contributed by atoms with van der Waals surface area (Å²) in [6.07, 6.45) is 0.675. The molecular weight excluding hydrogens is 292 g/mol. The number of hydrogen-bond acceptors (Lipinski definition) is 6. The number of aryl methyl sites for hydroxylation is 1. The SMILES string of the molecule is CC(=O)Nc1nc2c(s1)CN(C(=O)c1cc(C)on1)CC2. The van der Waals surface area contributed by atoms with Crippen molar-refractivity contribution in [3.8, 4) is 0 Å². The van der Waals surface area contributed by atoms with E-state index < -0.39 is 0 Å². The highest BCUT2D eigenvalue weighted by Gasteiger charge is 2.26. The van der Waals surface area contributed by atoms with E-state index in [2.05, 4.69) is 15.5 Å². The Hall–Kier alpha value is -2.22. The van der Waals surface area contributed by atoms with Crippen molar-refractivity contribution >= 4 is 28.3 Å². The standard InChI is InChI=1S/C13H14N4O3S/c1-7-5-10(16-20-7)12(19)17-4-3-9-11(6-17)21-13(15-9)14-8(2)18/h5H,3-4,6H2,1-2H3,(H,14,15,18). The third kappa shape index (κ3) is 2.80. The van der Waals surface area contributed by atoms with Crippen LogP contribution < -0.4 is 5.32 Å². The first-order chi connectivity index (χ1) is 10.0. The molecule has 0 aromatic carbocycles. The van der Waals surface area contributed by atoms with E-state index in [4.69, 9.17) is 4.52 Å². The zero-order valence-electron chi connectivity index (χ0n) is 11.7. The Labute approximate surface area is 124 Å². The normalized spacial score (nSPS) is 13.9. The molecule has 0 spiro atoms. The second kappa shape index (κ2) is 5.28. The average molecular weight is 306 g/mol. The van der Waals surface area contributed by atoms with Crippen LogP contribution in [0.25, 0.3) is 0 Å². The highest BCUT2D eigenvalue weighted by molar-refractivity contribution is 7.15. The number of thiazole rings is 1. The molecule has 1 aliphatic heterocycles. The molecule has 0 radical (unpaired) electrons. The first kappa shape index (κ1) is 13.7.